The van der Waals surface area contributed by atoms with E-state index in [1.165, 1.54) is 19.2 Å². The molecule has 0 saturated heterocycles. The summed E-state index contributed by atoms with van der Waals surface area (Å²) in [5.41, 5.74) is 1.09. The molecule has 0 bridgehead atoms. The normalized spacial score (nSPS) is 11.6. The molecule has 3 aromatic rings. The Bertz CT molecular complexity index is 993. The van der Waals surface area contributed by atoms with Crippen LogP contribution in [-0.2, 0) is 16.2 Å². The van der Waals surface area contributed by atoms with Gasteiger partial charge < -0.3 is 19.3 Å². The number of aromatic nitrogens is 2. The smallest absolute Gasteiger partial charge is 0.338 e. The minimum Gasteiger partial charge on any atom is -0.508 e. The second kappa shape index (κ2) is 8.67. The topological polar surface area (TPSA) is 82.8 Å². The molecule has 2 aromatic carbocycles. The number of aromatic hydroxyl groups is 1. The van der Waals surface area contributed by atoms with E-state index in [4.69, 9.17) is 14.2 Å². The summed E-state index contributed by atoms with van der Waals surface area (Å²) in [5.74, 6) is 0.673. The molecule has 3 rings (SSSR count). The number of esters is 1. The predicted molar refractivity (Wildman–Crippen MR) is 113 cm³/mol. The van der Waals surface area contributed by atoms with Crippen LogP contribution in [0.3, 0.4) is 0 Å². The van der Waals surface area contributed by atoms with Crippen molar-refractivity contribution in [3.8, 4) is 17.2 Å². The molecule has 1 heterocycles. The van der Waals surface area contributed by atoms with E-state index in [9.17, 15) is 9.90 Å². The first-order valence-electron chi connectivity index (χ1n) is 9.39. The Morgan fingerprint density at radius 2 is 1.90 bits per heavy atom. The molecule has 1 aromatic heterocycles. The fraction of sp³-hybridized carbons (Fsp3) is 0.333. The summed E-state index contributed by atoms with van der Waals surface area (Å²) in [6.07, 6.45) is 1.67. The van der Waals surface area contributed by atoms with Gasteiger partial charge in [-0.05, 0) is 42.4 Å². The van der Waals surface area contributed by atoms with Crippen LogP contribution in [-0.4, -0.2) is 42.6 Å². The van der Waals surface area contributed by atoms with Gasteiger partial charge in [-0.1, -0.05) is 19.6 Å². The number of methoxy groups -OCH3 is 1. The van der Waals surface area contributed by atoms with E-state index in [1.54, 1.807) is 35.1 Å². The summed E-state index contributed by atoms with van der Waals surface area (Å²) in [4.78, 5) is 12.1. The molecule has 0 spiro atoms. The largest absolute Gasteiger partial charge is 0.508 e. The number of hydrogen-bond acceptors (Lipinski definition) is 6. The first-order chi connectivity index (χ1) is 13.8. The molecule has 0 aliphatic carbocycles. The van der Waals surface area contributed by atoms with E-state index in [0.29, 0.717) is 23.7 Å². The van der Waals surface area contributed by atoms with Gasteiger partial charge in [0, 0.05) is 20.1 Å². The number of phenols is 1. The third-order valence-electron chi connectivity index (χ3n) is 4.39. The Morgan fingerprint density at radius 3 is 2.55 bits per heavy atom. The monoisotopic (exact) mass is 414 g/mol. The van der Waals surface area contributed by atoms with Crippen molar-refractivity contribution in [1.82, 2.24) is 9.78 Å². The van der Waals surface area contributed by atoms with Crippen molar-refractivity contribution in [2.45, 2.75) is 32.4 Å². The number of hydrogen-bond donors (Lipinski definition) is 1. The highest BCUT2D eigenvalue weighted by Crippen LogP contribution is 2.32. The highest BCUT2D eigenvalue weighted by atomic mass is 28.3. The van der Waals surface area contributed by atoms with E-state index in [-0.39, 0.29) is 12.5 Å². The molecular formula is C21H26N2O5Si. The van der Waals surface area contributed by atoms with Crippen LogP contribution < -0.4 is 4.74 Å². The van der Waals surface area contributed by atoms with Crippen LogP contribution in [0.4, 0.5) is 0 Å². The molecule has 0 fully saturated rings. The van der Waals surface area contributed by atoms with Crippen molar-refractivity contribution >= 4 is 24.9 Å². The number of phenolic OH excluding ortho intramolecular Hbond substituents is 1. The number of ether oxygens (including phenoxy) is 3. The van der Waals surface area contributed by atoms with Crippen molar-refractivity contribution in [2.75, 3.05) is 13.7 Å². The quantitative estimate of drug-likeness (QED) is 0.329. The third-order valence-corrected chi connectivity index (χ3v) is 6.10. The lowest BCUT2D eigenvalue weighted by Crippen LogP contribution is -2.22. The van der Waals surface area contributed by atoms with E-state index in [2.05, 4.69) is 24.7 Å². The van der Waals surface area contributed by atoms with Gasteiger partial charge in [-0.2, -0.15) is 5.10 Å². The second-order valence-electron chi connectivity index (χ2n) is 7.99. The number of nitrogens with zero attached hydrogens (tertiary/aromatic N) is 2. The number of carbonyl (C=O) groups excluding carboxylic acids is 1. The Balaban J connectivity index is 1.92. The van der Waals surface area contributed by atoms with E-state index in [0.717, 1.165) is 16.9 Å². The molecule has 8 heteroatoms. The summed E-state index contributed by atoms with van der Waals surface area (Å²) in [6.45, 7) is 7.87. The molecule has 154 valence electrons. The first-order valence-corrected chi connectivity index (χ1v) is 13.1. The average Bonchev–Trinajstić information content (AvgIpc) is 3.09. The van der Waals surface area contributed by atoms with Crippen LogP contribution in [0.25, 0.3) is 10.9 Å². The zero-order chi connectivity index (χ0) is 21.0. The lowest BCUT2D eigenvalue weighted by Gasteiger charge is -2.16. The number of benzene rings is 2. The number of rotatable bonds is 8. The number of carbonyl (C=O) groups is 1. The van der Waals surface area contributed by atoms with Crippen LogP contribution in [0, 0.1) is 0 Å². The lowest BCUT2D eigenvalue weighted by atomic mass is 10.1. The highest BCUT2D eigenvalue weighted by molar-refractivity contribution is 6.76. The lowest BCUT2D eigenvalue weighted by molar-refractivity contribution is 0.0600. The molecule has 0 atom stereocenters. The van der Waals surface area contributed by atoms with Crippen molar-refractivity contribution < 1.29 is 24.1 Å². The van der Waals surface area contributed by atoms with Crippen molar-refractivity contribution in [3.63, 3.8) is 0 Å². The summed E-state index contributed by atoms with van der Waals surface area (Å²) < 4.78 is 18.4. The van der Waals surface area contributed by atoms with Crippen molar-refractivity contribution in [1.29, 1.82) is 0 Å². The Kier molecular flexibility index (Phi) is 6.24. The fourth-order valence-electron chi connectivity index (χ4n) is 2.78. The summed E-state index contributed by atoms with van der Waals surface area (Å²) >= 11 is 0. The van der Waals surface area contributed by atoms with Gasteiger partial charge >= 0.3 is 5.97 Å². The molecule has 0 amide bonds. The summed E-state index contributed by atoms with van der Waals surface area (Å²) in [7, 11) is 0.161. The van der Waals surface area contributed by atoms with Crippen LogP contribution >= 0.6 is 0 Å². The maximum absolute atomic E-state index is 12.1. The van der Waals surface area contributed by atoms with E-state index in [1.807, 2.05) is 0 Å². The molecule has 0 saturated carbocycles. The van der Waals surface area contributed by atoms with Gasteiger partial charge in [0.15, 0.2) is 5.75 Å². The van der Waals surface area contributed by atoms with Crippen LogP contribution in [0.5, 0.6) is 17.2 Å². The SMILES string of the molecule is COC(=O)c1cc(Oc2ccc(O)cc2)c2c(cnn2COCC[Si](C)(C)C)c1. The molecule has 0 radical (unpaired) electrons. The Labute approximate surface area is 170 Å². The zero-order valence-corrected chi connectivity index (χ0v) is 18.1. The third kappa shape index (κ3) is 5.36. The van der Waals surface area contributed by atoms with E-state index >= 15 is 0 Å². The minimum atomic E-state index is -1.18. The summed E-state index contributed by atoms with van der Waals surface area (Å²) in [6, 6.07) is 10.8. The number of fused-ring (bicyclic) bond motifs is 1. The van der Waals surface area contributed by atoms with Gasteiger partial charge in [0.1, 0.15) is 23.7 Å². The minimum absolute atomic E-state index is 0.145. The van der Waals surface area contributed by atoms with Crippen LogP contribution in [0.1, 0.15) is 10.4 Å². The molecule has 0 unspecified atom stereocenters. The summed E-state index contributed by atoms with van der Waals surface area (Å²) in [5, 5.41) is 14.6. The van der Waals surface area contributed by atoms with Gasteiger partial charge in [-0.25, -0.2) is 9.48 Å². The van der Waals surface area contributed by atoms with Crippen molar-refractivity contribution in [2.24, 2.45) is 0 Å². The highest BCUT2D eigenvalue weighted by Gasteiger charge is 2.17. The average molecular weight is 415 g/mol. The van der Waals surface area contributed by atoms with Gasteiger partial charge in [0.2, 0.25) is 0 Å². The van der Waals surface area contributed by atoms with Gasteiger partial charge in [-0.15, -0.1) is 0 Å². The second-order valence-corrected chi connectivity index (χ2v) is 13.6. The van der Waals surface area contributed by atoms with Crippen molar-refractivity contribution in [3.05, 3.63) is 48.2 Å². The van der Waals surface area contributed by atoms with Gasteiger partial charge in [-0.3, -0.25) is 0 Å². The predicted octanol–water partition coefficient (Wildman–Crippen LogP) is 4.63. The molecule has 7 nitrogen and oxygen atoms in total. The zero-order valence-electron chi connectivity index (χ0n) is 17.1. The Hall–Kier alpha value is -2.84. The maximum atomic E-state index is 12.1. The fourth-order valence-corrected chi connectivity index (χ4v) is 3.53. The maximum Gasteiger partial charge on any atom is 0.338 e. The van der Waals surface area contributed by atoms with E-state index < -0.39 is 14.0 Å². The van der Waals surface area contributed by atoms with Gasteiger partial charge in [0.25, 0.3) is 0 Å². The standard InChI is InChI=1S/C21H26N2O5Si/c1-26-21(25)15-11-16-13-22-23(14-27-9-10-29(2,3)4)20(16)19(12-15)28-18-7-5-17(24)6-8-18/h5-8,11-13,24H,9-10,14H2,1-4H3. The molecule has 29 heavy (non-hydrogen) atoms. The Morgan fingerprint density at radius 1 is 1.17 bits per heavy atom. The first kappa shape index (κ1) is 20.9. The molecular weight excluding hydrogens is 388 g/mol. The molecule has 1 N–H and O–H groups in total. The van der Waals surface area contributed by atoms with Crippen LogP contribution in [0.15, 0.2) is 42.6 Å². The van der Waals surface area contributed by atoms with Gasteiger partial charge in [0.05, 0.1) is 18.9 Å². The molecule has 0 aliphatic heterocycles. The van der Waals surface area contributed by atoms with Crippen LogP contribution in [0.2, 0.25) is 25.7 Å². The molecule has 0 aliphatic rings.